The molecule has 156 valence electrons. The van der Waals surface area contributed by atoms with Crippen molar-refractivity contribution in [3.63, 3.8) is 0 Å². The van der Waals surface area contributed by atoms with E-state index in [0.717, 1.165) is 0 Å². The predicted octanol–water partition coefficient (Wildman–Crippen LogP) is 2.22. The molecule has 0 saturated carbocycles. The first-order valence-electron chi connectivity index (χ1n) is 9.52. The molecule has 1 N–H and O–H groups in total. The molecule has 1 aliphatic rings. The van der Waals surface area contributed by atoms with Gasteiger partial charge in [0, 0.05) is 31.2 Å². The summed E-state index contributed by atoms with van der Waals surface area (Å²) in [6, 6.07) is 8.64. The van der Waals surface area contributed by atoms with Gasteiger partial charge in [-0.15, -0.1) is 0 Å². The molecule has 3 heterocycles. The lowest BCUT2D eigenvalue weighted by Crippen LogP contribution is -2.50. The van der Waals surface area contributed by atoms with E-state index in [9.17, 15) is 9.59 Å². The number of benzene rings is 1. The number of hydrogen-bond acceptors (Lipinski definition) is 6. The van der Waals surface area contributed by atoms with E-state index < -0.39 is 0 Å². The Bertz CT molecular complexity index is 1040. The van der Waals surface area contributed by atoms with Crippen molar-refractivity contribution >= 4 is 29.1 Å². The molecule has 10 heteroatoms. The fourth-order valence-electron chi connectivity index (χ4n) is 3.35. The molecular formula is C20H21ClN6O3. The van der Waals surface area contributed by atoms with Crippen LogP contribution in [0.3, 0.4) is 0 Å². The lowest BCUT2D eigenvalue weighted by molar-refractivity contribution is -0.117. The highest BCUT2D eigenvalue weighted by Crippen LogP contribution is 2.24. The summed E-state index contributed by atoms with van der Waals surface area (Å²) < 4.78 is 6.98. The van der Waals surface area contributed by atoms with Crippen LogP contribution < -0.4 is 5.32 Å². The molecule has 0 radical (unpaired) electrons. The van der Waals surface area contributed by atoms with Crippen LogP contribution in [-0.2, 0) is 4.79 Å². The summed E-state index contributed by atoms with van der Waals surface area (Å²) in [5.74, 6) is 0.767. The normalized spacial score (nSPS) is 14.7. The minimum Gasteiger partial charge on any atom is -0.456 e. The number of amides is 2. The standard InChI is InChI=1S/C20H21ClN6O3/c1-14-2-5-18(30-14)20(29)26-8-6-25(7-9-26)11-19(28)24-16-10-15(21)3-4-17(16)27-13-22-12-23-27/h2-5,10,12-13H,6-9,11H2,1H3,(H,24,28). The first-order valence-corrected chi connectivity index (χ1v) is 9.90. The molecule has 0 aliphatic carbocycles. The van der Waals surface area contributed by atoms with Crippen molar-refractivity contribution in [2.45, 2.75) is 6.92 Å². The Morgan fingerprint density at radius 3 is 2.63 bits per heavy atom. The van der Waals surface area contributed by atoms with Gasteiger partial charge in [-0.05, 0) is 37.3 Å². The molecule has 3 aromatic rings. The Balaban J connectivity index is 1.34. The fraction of sp³-hybridized carbons (Fsp3) is 0.300. The van der Waals surface area contributed by atoms with E-state index in [0.29, 0.717) is 54.1 Å². The van der Waals surface area contributed by atoms with E-state index in [4.69, 9.17) is 16.0 Å². The quantitative estimate of drug-likeness (QED) is 0.669. The van der Waals surface area contributed by atoms with Gasteiger partial charge in [-0.3, -0.25) is 14.5 Å². The van der Waals surface area contributed by atoms with Crippen LogP contribution in [0, 0.1) is 6.92 Å². The molecule has 2 amide bonds. The number of rotatable bonds is 5. The number of piperazine rings is 1. The van der Waals surface area contributed by atoms with Crippen molar-refractivity contribution in [2.75, 3.05) is 38.0 Å². The summed E-state index contributed by atoms with van der Waals surface area (Å²) in [7, 11) is 0. The van der Waals surface area contributed by atoms with Crippen molar-refractivity contribution in [1.29, 1.82) is 0 Å². The first-order chi connectivity index (χ1) is 14.5. The molecule has 0 unspecified atom stereocenters. The van der Waals surface area contributed by atoms with Crippen LogP contribution in [0.1, 0.15) is 16.3 Å². The molecule has 30 heavy (non-hydrogen) atoms. The molecule has 1 aromatic carbocycles. The van der Waals surface area contributed by atoms with E-state index in [2.05, 4.69) is 15.4 Å². The SMILES string of the molecule is Cc1ccc(C(=O)N2CCN(CC(=O)Nc3cc(Cl)ccc3-n3cncn3)CC2)o1. The maximum absolute atomic E-state index is 12.6. The van der Waals surface area contributed by atoms with Gasteiger partial charge in [0.15, 0.2) is 5.76 Å². The van der Waals surface area contributed by atoms with E-state index in [-0.39, 0.29) is 18.4 Å². The van der Waals surface area contributed by atoms with Crippen LogP contribution in [0.15, 0.2) is 47.4 Å². The molecular weight excluding hydrogens is 408 g/mol. The average molecular weight is 429 g/mol. The Morgan fingerprint density at radius 1 is 1.17 bits per heavy atom. The maximum atomic E-state index is 12.6. The summed E-state index contributed by atoms with van der Waals surface area (Å²) in [6.45, 7) is 4.29. The zero-order valence-corrected chi connectivity index (χ0v) is 17.2. The number of aromatic nitrogens is 3. The smallest absolute Gasteiger partial charge is 0.289 e. The van der Waals surface area contributed by atoms with Gasteiger partial charge in [0.05, 0.1) is 17.9 Å². The molecule has 1 aliphatic heterocycles. The Labute approximate surface area is 178 Å². The first kappa shape index (κ1) is 20.1. The van der Waals surface area contributed by atoms with Crippen LogP contribution in [0.2, 0.25) is 5.02 Å². The number of aryl methyl sites for hydroxylation is 1. The van der Waals surface area contributed by atoms with Crippen molar-refractivity contribution in [1.82, 2.24) is 24.6 Å². The number of nitrogens with zero attached hydrogens (tertiary/aromatic N) is 5. The topological polar surface area (TPSA) is 96.5 Å². The highest BCUT2D eigenvalue weighted by molar-refractivity contribution is 6.31. The minimum atomic E-state index is -0.167. The fourth-order valence-corrected chi connectivity index (χ4v) is 3.52. The van der Waals surface area contributed by atoms with E-state index in [1.807, 2.05) is 11.8 Å². The number of hydrogen-bond donors (Lipinski definition) is 1. The van der Waals surface area contributed by atoms with Gasteiger partial charge in [-0.2, -0.15) is 5.10 Å². The van der Waals surface area contributed by atoms with Gasteiger partial charge in [0.25, 0.3) is 5.91 Å². The second kappa shape index (κ2) is 8.68. The third-order valence-corrected chi connectivity index (χ3v) is 5.11. The lowest BCUT2D eigenvalue weighted by atomic mass is 10.2. The number of carbonyl (C=O) groups is 2. The largest absolute Gasteiger partial charge is 0.456 e. The molecule has 1 saturated heterocycles. The van der Waals surface area contributed by atoms with Crippen LogP contribution in [-0.4, -0.2) is 69.1 Å². The summed E-state index contributed by atoms with van der Waals surface area (Å²) in [4.78, 5) is 32.8. The maximum Gasteiger partial charge on any atom is 0.289 e. The summed E-state index contributed by atoms with van der Waals surface area (Å²) >= 11 is 6.10. The van der Waals surface area contributed by atoms with Crippen molar-refractivity contribution in [3.8, 4) is 5.69 Å². The number of nitrogens with one attached hydrogen (secondary N) is 1. The highest BCUT2D eigenvalue weighted by atomic mass is 35.5. The van der Waals surface area contributed by atoms with Crippen LogP contribution in [0.25, 0.3) is 5.69 Å². The van der Waals surface area contributed by atoms with E-state index >= 15 is 0 Å². The Kier molecular flexibility index (Phi) is 5.82. The van der Waals surface area contributed by atoms with Crippen molar-refractivity contribution in [3.05, 3.63) is 59.5 Å². The summed E-state index contributed by atoms with van der Waals surface area (Å²) in [5, 5.41) is 7.52. The highest BCUT2D eigenvalue weighted by Gasteiger charge is 2.25. The monoisotopic (exact) mass is 428 g/mol. The zero-order valence-electron chi connectivity index (χ0n) is 16.4. The summed E-state index contributed by atoms with van der Waals surface area (Å²) in [6.07, 6.45) is 2.97. The molecule has 0 bridgehead atoms. The van der Waals surface area contributed by atoms with Gasteiger partial charge in [0.2, 0.25) is 5.91 Å². The predicted molar refractivity (Wildman–Crippen MR) is 111 cm³/mol. The van der Waals surface area contributed by atoms with Crippen molar-refractivity contribution < 1.29 is 14.0 Å². The third-order valence-electron chi connectivity index (χ3n) is 4.88. The molecule has 1 fully saturated rings. The zero-order chi connectivity index (χ0) is 21.1. The van der Waals surface area contributed by atoms with E-state index in [1.165, 1.54) is 6.33 Å². The van der Waals surface area contributed by atoms with Crippen molar-refractivity contribution in [2.24, 2.45) is 0 Å². The van der Waals surface area contributed by atoms with Gasteiger partial charge in [0.1, 0.15) is 18.4 Å². The minimum absolute atomic E-state index is 0.122. The average Bonchev–Trinajstić information content (AvgIpc) is 3.40. The van der Waals surface area contributed by atoms with Crippen LogP contribution >= 0.6 is 11.6 Å². The molecule has 0 spiro atoms. The number of furan rings is 1. The lowest BCUT2D eigenvalue weighted by Gasteiger charge is -2.33. The van der Waals surface area contributed by atoms with E-state index in [1.54, 1.807) is 46.2 Å². The van der Waals surface area contributed by atoms with Gasteiger partial charge >= 0.3 is 0 Å². The number of halogens is 1. The number of carbonyl (C=O) groups excluding carboxylic acids is 2. The van der Waals surface area contributed by atoms with Crippen LogP contribution in [0.5, 0.6) is 0 Å². The van der Waals surface area contributed by atoms with Gasteiger partial charge < -0.3 is 14.6 Å². The third kappa shape index (κ3) is 4.52. The van der Waals surface area contributed by atoms with Gasteiger partial charge in [-0.25, -0.2) is 9.67 Å². The molecule has 9 nitrogen and oxygen atoms in total. The number of anilines is 1. The van der Waals surface area contributed by atoms with Gasteiger partial charge in [-0.1, -0.05) is 11.6 Å². The second-order valence-electron chi connectivity index (χ2n) is 7.03. The summed E-state index contributed by atoms with van der Waals surface area (Å²) in [5.41, 5.74) is 1.23. The molecule has 2 aromatic heterocycles. The Hall–Kier alpha value is -3.17. The van der Waals surface area contributed by atoms with Crippen LogP contribution in [0.4, 0.5) is 5.69 Å². The Morgan fingerprint density at radius 2 is 1.97 bits per heavy atom. The second-order valence-corrected chi connectivity index (χ2v) is 7.46. The molecule has 4 rings (SSSR count). The molecule has 0 atom stereocenters.